The molecule has 0 unspecified atom stereocenters. The Morgan fingerprint density at radius 3 is 2.28 bits per heavy atom. The number of unbranched alkanes of at least 4 members (excludes halogenated alkanes) is 1. The molecule has 0 radical (unpaired) electrons. The van der Waals surface area contributed by atoms with Crippen LogP contribution in [0.3, 0.4) is 0 Å². The van der Waals surface area contributed by atoms with Gasteiger partial charge in [0, 0.05) is 18.8 Å². The van der Waals surface area contributed by atoms with Crippen LogP contribution in [-0.2, 0) is 10.0 Å². The van der Waals surface area contributed by atoms with Crippen LogP contribution in [0.15, 0.2) is 17.0 Å². The van der Waals surface area contributed by atoms with Crippen molar-refractivity contribution in [3.8, 4) is 0 Å². The van der Waals surface area contributed by atoms with E-state index in [1.807, 2.05) is 0 Å². The van der Waals surface area contributed by atoms with Crippen LogP contribution in [0.2, 0.25) is 0 Å². The molecule has 0 saturated carbocycles. The first-order valence-corrected chi connectivity index (χ1v) is 6.72. The van der Waals surface area contributed by atoms with Crippen LogP contribution in [0.1, 0.15) is 12.8 Å². The largest absolute Gasteiger partial charge is 0.399 e. The number of nitrogen functional groups attached to an aromatic ring is 1. The number of aliphatic hydroxyl groups excluding tert-OH is 1. The molecular formula is C10H14F2N2O3S. The van der Waals surface area contributed by atoms with Gasteiger partial charge in [0.2, 0.25) is 10.0 Å². The van der Waals surface area contributed by atoms with Gasteiger partial charge in [0.05, 0.1) is 0 Å². The Balaban J connectivity index is 2.92. The fraction of sp³-hybridized carbons (Fsp3) is 0.400. The van der Waals surface area contributed by atoms with Crippen molar-refractivity contribution in [2.24, 2.45) is 0 Å². The van der Waals surface area contributed by atoms with Crippen LogP contribution >= 0.6 is 0 Å². The minimum atomic E-state index is -4.26. The first-order chi connectivity index (χ1) is 8.38. The SMILES string of the molecule is Nc1cc(F)c(S(=O)(=O)NCCCCO)c(F)c1. The van der Waals surface area contributed by atoms with E-state index in [4.69, 9.17) is 10.8 Å². The second-order valence-electron chi connectivity index (χ2n) is 3.64. The predicted octanol–water partition coefficient (Wildman–Crippen LogP) is 0.598. The highest BCUT2D eigenvalue weighted by atomic mass is 32.2. The molecule has 0 atom stereocenters. The molecule has 18 heavy (non-hydrogen) atoms. The Bertz CT molecular complexity index is 497. The summed E-state index contributed by atoms with van der Waals surface area (Å²) in [7, 11) is -4.26. The number of halogens is 2. The van der Waals surface area contributed by atoms with Crippen LogP contribution in [-0.4, -0.2) is 26.7 Å². The monoisotopic (exact) mass is 280 g/mol. The van der Waals surface area contributed by atoms with E-state index < -0.39 is 26.6 Å². The third kappa shape index (κ3) is 3.62. The van der Waals surface area contributed by atoms with E-state index in [9.17, 15) is 17.2 Å². The third-order valence-electron chi connectivity index (χ3n) is 2.17. The Hall–Kier alpha value is -1.25. The number of sulfonamides is 1. The highest BCUT2D eigenvalue weighted by Gasteiger charge is 2.23. The van der Waals surface area contributed by atoms with Gasteiger partial charge in [0.15, 0.2) is 4.90 Å². The van der Waals surface area contributed by atoms with E-state index in [1.54, 1.807) is 0 Å². The van der Waals surface area contributed by atoms with Gasteiger partial charge in [-0.15, -0.1) is 0 Å². The van der Waals surface area contributed by atoms with E-state index >= 15 is 0 Å². The van der Waals surface area contributed by atoms with E-state index in [2.05, 4.69) is 4.72 Å². The van der Waals surface area contributed by atoms with Crippen molar-refractivity contribution in [1.29, 1.82) is 0 Å². The second-order valence-corrected chi connectivity index (χ2v) is 5.35. The topological polar surface area (TPSA) is 92.4 Å². The number of benzene rings is 1. The molecule has 0 aromatic heterocycles. The van der Waals surface area contributed by atoms with E-state index in [0.29, 0.717) is 12.8 Å². The van der Waals surface area contributed by atoms with Gasteiger partial charge in [-0.2, -0.15) is 0 Å². The molecule has 1 aromatic rings. The van der Waals surface area contributed by atoms with Gasteiger partial charge in [0.25, 0.3) is 0 Å². The van der Waals surface area contributed by atoms with Crippen molar-refractivity contribution in [2.45, 2.75) is 17.7 Å². The maximum Gasteiger partial charge on any atom is 0.246 e. The Morgan fingerprint density at radius 2 is 1.78 bits per heavy atom. The molecule has 1 aromatic carbocycles. The number of hydrogen-bond acceptors (Lipinski definition) is 4. The molecule has 0 aliphatic heterocycles. The van der Waals surface area contributed by atoms with Crippen LogP contribution in [0.5, 0.6) is 0 Å². The molecule has 0 aliphatic rings. The minimum Gasteiger partial charge on any atom is -0.399 e. The Labute approximate surface area is 104 Å². The lowest BCUT2D eigenvalue weighted by Gasteiger charge is -2.09. The number of nitrogens with two attached hydrogens (primary N) is 1. The van der Waals surface area contributed by atoms with Crippen LogP contribution in [0.4, 0.5) is 14.5 Å². The molecule has 0 bridgehead atoms. The average Bonchev–Trinajstić information content (AvgIpc) is 2.22. The summed E-state index contributed by atoms with van der Waals surface area (Å²) in [6.45, 7) is -0.0849. The van der Waals surface area contributed by atoms with Gasteiger partial charge in [0.1, 0.15) is 11.6 Å². The van der Waals surface area contributed by atoms with E-state index in [-0.39, 0.29) is 18.8 Å². The summed E-state index contributed by atoms with van der Waals surface area (Å²) in [5.41, 5.74) is 5.00. The van der Waals surface area contributed by atoms with Gasteiger partial charge < -0.3 is 10.8 Å². The predicted molar refractivity (Wildman–Crippen MR) is 62.3 cm³/mol. The smallest absolute Gasteiger partial charge is 0.246 e. The zero-order valence-corrected chi connectivity index (χ0v) is 10.3. The van der Waals surface area contributed by atoms with Crippen molar-refractivity contribution < 1.29 is 22.3 Å². The summed E-state index contributed by atoms with van der Waals surface area (Å²) in [5.74, 6) is -2.47. The first-order valence-electron chi connectivity index (χ1n) is 5.23. The van der Waals surface area contributed by atoms with Gasteiger partial charge >= 0.3 is 0 Å². The molecule has 0 fully saturated rings. The maximum absolute atomic E-state index is 13.4. The van der Waals surface area contributed by atoms with Crippen LogP contribution < -0.4 is 10.5 Å². The molecule has 1 rings (SSSR count). The molecule has 8 heteroatoms. The number of rotatable bonds is 6. The van der Waals surface area contributed by atoms with Crippen molar-refractivity contribution in [3.05, 3.63) is 23.8 Å². The fourth-order valence-corrected chi connectivity index (χ4v) is 2.54. The van der Waals surface area contributed by atoms with Gasteiger partial charge in [-0.25, -0.2) is 21.9 Å². The zero-order chi connectivity index (χ0) is 13.8. The minimum absolute atomic E-state index is 0.00779. The summed E-state index contributed by atoms with van der Waals surface area (Å²) in [5, 5.41) is 8.52. The van der Waals surface area contributed by atoms with Crippen LogP contribution in [0, 0.1) is 11.6 Å². The highest BCUT2D eigenvalue weighted by molar-refractivity contribution is 7.89. The summed E-state index contributed by atoms with van der Waals surface area (Å²) < 4.78 is 52.2. The third-order valence-corrected chi connectivity index (χ3v) is 3.68. The molecule has 0 spiro atoms. The fourth-order valence-electron chi connectivity index (χ4n) is 1.35. The summed E-state index contributed by atoms with van der Waals surface area (Å²) in [6, 6.07) is 1.48. The summed E-state index contributed by atoms with van der Waals surface area (Å²) in [6.07, 6.45) is 0.767. The van der Waals surface area contributed by atoms with Crippen LogP contribution in [0.25, 0.3) is 0 Å². The van der Waals surface area contributed by atoms with Crippen molar-refractivity contribution in [1.82, 2.24) is 4.72 Å². The molecule has 0 heterocycles. The number of nitrogens with one attached hydrogen (secondary N) is 1. The quantitative estimate of drug-likeness (QED) is 0.525. The normalized spacial score (nSPS) is 11.7. The molecule has 0 saturated heterocycles. The lowest BCUT2D eigenvalue weighted by Crippen LogP contribution is -2.27. The van der Waals surface area contributed by atoms with E-state index in [0.717, 1.165) is 12.1 Å². The standard InChI is InChI=1S/C10H14F2N2O3S/c11-8-5-7(13)6-9(12)10(8)18(16,17)14-3-1-2-4-15/h5-6,14-15H,1-4,13H2. The molecule has 0 amide bonds. The van der Waals surface area contributed by atoms with Gasteiger partial charge in [-0.3, -0.25) is 0 Å². The zero-order valence-electron chi connectivity index (χ0n) is 9.49. The molecule has 4 N–H and O–H groups in total. The van der Waals surface area contributed by atoms with Gasteiger partial charge in [-0.05, 0) is 25.0 Å². The number of aliphatic hydroxyl groups is 1. The second kappa shape index (κ2) is 6.07. The van der Waals surface area contributed by atoms with E-state index in [1.165, 1.54) is 0 Å². The van der Waals surface area contributed by atoms with Crippen molar-refractivity contribution in [3.63, 3.8) is 0 Å². The maximum atomic E-state index is 13.4. The lowest BCUT2D eigenvalue weighted by molar-refractivity contribution is 0.285. The van der Waals surface area contributed by atoms with Crippen molar-refractivity contribution in [2.75, 3.05) is 18.9 Å². The number of hydrogen-bond donors (Lipinski definition) is 3. The highest BCUT2D eigenvalue weighted by Crippen LogP contribution is 2.21. The van der Waals surface area contributed by atoms with Gasteiger partial charge in [-0.1, -0.05) is 0 Å². The summed E-state index contributed by atoms with van der Waals surface area (Å²) in [4.78, 5) is -1.04. The lowest BCUT2D eigenvalue weighted by atomic mass is 10.3. The Morgan fingerprint density at radius 1 is 1.22 bits per heavy atom. The molecule has 5 nitrogen and oxygen atoms in total. The van der Waals surface area contributed by atoms with Crippen molar-refractivity contribution >= 4 is 15.7 Å². The Kier molecular flexibility index (Phi) is 5.00. The summed E-state index contributed by atoms with van der Waals surface area (Å²) >= 11 is 0. The molecule has 0 aliphatic carbocycles. The average molecular weight is 280 g/mol. The first kappa shape index (κ1) is 14.8. The molecular weight excluding hydrogens is 266 g/mol. The number of anilines is 1. The molecule has 102 valence electrons.